The van der Waals surface area contributed by atoms with E-state index < -0.39 is 5.97 Å². The van der Waals surface area contributed by atoms with Crippen molar-refractivity contribution >= 4 is 23.6 Å². The molecule has 0 radical (unpaired) electrons. The van der Waals surface area contributed by atoms with Gasteiger partial charge in [0.25, 0.3) is 0 Å². The minimum Gasteiger partial charge on any atom is -0.481 e. The molecule has 0 bridgehead atoms. The Morgan fingerprint density at radius 1 is 0.944 bits per heavy atom. The number of carbonyl (C=O) groups is 2. The molecule has 0 aromatic rings. The molecule has 2 N–H and O–H groups in total. The number of carbonyl (C=O) groups excluding carboxylic acids is 1. The molecular formula is C13H21NO3S. The van der Waals surface area contributed by atoms with Crippen molar-refractivity contribution in [3.05, 3.63) is 0 Å². The van der Waals surface area contributed by atoms with Gasteiger partial charge in [-0.3, -0.25) is 9.59 Å². The summed E-state index contributed by atoms with van der Waals surface area (Å²) in [5, 5.41) is 12.0. The SMILES string of the molecule is O=C(O)C1CCC(NC(=O)C2CCSCC2)CC1. The summed E-state index contributed by atoms with van der Waals surface area (Å²) in [5.41, 5.74) is 0. The Morgan fingerprint density at radius 3 is 2.11 bits per heavy atom. The largest absolute Gasteiger partial charge is 0.481 e. The van der Waals surface area contributed by atoms with Crippen molar-refractivity contribution in [3.8, 4) is 0 Å². The van der Waals surface area contributed by atoms with Crippen molar-refractivity contribution in [2.45, 2.75) is 44.6 Å². The topological polar surface area (TPSA) is 66.4 Å². The average Bonchev–Trinajstić information content (AvgIpc) is 2.40. The lowest BCUT2D eigenvalue weighted by molar-refractivity contribution is -0.142. The third-order valence-electron chi connectivity index (χ3n) is 4.01. The zero-order valence-corrected chi connectivity index (χ0v) is 11.4. The standard InChI is InChI=1S/C13H21NO3S/c15-12(9-5-7-18-8-6-9)14-11-3-1-10(2-4-11)13(16)17/h9-11H,1-8H2,(H,14,15)(H,16,17). The van der Waals surface area contributed by atoms with E-state index in [0.717, 1.165) is 37.2 Å². The van der Waals surface area contributed by atoms with Crippen molar-refractivity contribution in [1.82, 2.24) is 5.32 Å². The summed E-state index contributed by atoms with van der Waals surface area (Å²) in [6.07, 6.45) is 4.98. The first kappa shape index (κ1) is 13.7. The van der Waals surface area contributed by atoms with Crippen LogP contribution < -0.4 is 5.32 Å². The van der Waals surface area contributed by atoms with E-state index in [1.165, 1.54) is 0 Å². The maximum absolute atomic E-state index is 12.0. The molecule has 0 spiro atoms. The fourth-order valence-corrected chi connectivity index (χ4v) is 3.87. The zero-order chi connectivity index (χ0) is 13.0. The van der Waals surface area contributed by atoms with Gasteiger partial charge in [-0.15, -0.1) is 0 Å². The van der Waals surface area contributed by atoms with E-state index in [1.807, 2.05) is 11.8 Å². The summed E-state index contributed by atoms with van der Waals surface area (Å²) in [5.74, 6) is 1.65. The number of aliphatic carboxylic acids is 1. The summed E-state index contributed by atoms with van der Waals surface area (Å²) < 4.78 is 0. The highest BCUT2D eigenvalue weighted by Crippen LogP contribution is 2.26. The number of thioether (sulfide) groups is 1. The molecule has 2 aliphatic rings. The fraction of sp³-hybridized carbons (Fsp3) is 0.846. The average molecular weight is 271 g/mol. The smallest absolute Gasteiger partial charge is 0.306 e. The highest BCUT2D eigenvalue weighted by molar-refractivity contribution is 7.99. The molecule has 1 saturated carbocycles. The van der Waals surface area contributed by atoms with E-state index >= 15 is 0 Å². The Balaban J connectivity index is 1.73. The molecule has 0 unspecified atom stereocenters. The molecule has 1 saturated heterocycles. The Labute approximate surface area is 112 Å². The molecule has 0 aromatic carbocycles. The Kier molecular flexibility index (Phi) is 4.92. The predicted molar refractivity (Wildman–Crippen MR) is 71.6 cm³/mol. The second-order valence-electron chi connectivity index (χ2n) is 5.28. The first-order chi connectivity index (χ1) is 8.66. The summed E-state index contributed by atoms with van der Waals surface area (Å²) in [7, 11) is 0. The van der Waals surface area contributed by atoms with E-state index in [-0.39, 0.29) is 23.8 Å². The van der Waals surface area contributed by atoms with Gasteiger partial charge in [-0.05, 0) is 50.0 Å². The van der Waals surface area contributed by atoms with Crippen LogP contribution in [0.1, 0.15) is 38.5 Å². The molecular weight excluding hydrogens is 250 g/mol. The normalized spacial score (nSPS) is 29.8. The maximum Gasteiger partial charge on any atom is 0.306 e. The Bertz CT molecular complexity index is 307. The van der Waals surface area contributed by atoms with Gasteiger partial charge in [0.15, 0.2) is 0 Å². The molecule has 0 aromatic heterocycles. The van der Waals surface area contributed by atoms with E-state index in [0.29, 0.717) is 12.8 Å². The van der Waals surface area contributed by atoms with Gasteiger partial charge in [-0.2, -0.15) is 11.8 Å². The number of carboxylic acids is 1. The maximum atomic E-state index is 12.0. The van der Waals surface area contributed by atoms with Crippen LogP contribution in [0.2, 0.25) is 0 Å². The van der Waals surface area contributed by atoms with Crippen LogP contribution in [-0.2, 0) is 9.59 Å². The van der Waals surface area contributed by atoms with Crippen LogP contribution in [-0.4, -0.2) is 34.5 Å². The lowest BCUT2D eigenvalue weighted by Gasteiger charge is -2.29. The minimum absolute atomic E-state index is 0.184. The number of hydrogen-bond acceptors (Lipinski definition) is 3. The highest BCUT2D eigenvalue weighted by atomic mass is 32.2. The van der Waals surface area contributed by atoms with Crippen LogP contribution in [0.25, 0.3) is 0 Å². The van der Waals surface area contributed by atoms with Gasteiger partial charge in [0.2, 0.25) is 5.91 Å². The number of nitrogens with one attached hydrogen (secondary N) is 1. The van der Waals surface area contributed by atoms with Crippen LogP contribution in [0.5, 0.6) is 0 Å². The summed E-state index contributed by atoms with van der Waals surface area (Å²) in [6.45, 7) is 0. The fourth-order valence-electron chi connectivity index (χ4n) is 2.76. The number of amides is 1. The Morgan fingerprint density at radius 2 is 1.56 bits per heavy atom. The number of hydrogen-bond donors (Lipinski definition) is 2. The first-order valence-electron chi connectivity index (χ1n) is 6.77. The van der Waals surface area contributed by atoms with Crippen molar-refractivity contribution < 1.29 is 14.7 Å². The third kappa shape index (κ3) is 3.64. The molecule has 102 valence electrons. The van der Waals surface area contributed by atoms with Crippen molar-refractivity contribution in [2.24, 2.45) is 11.8 Å². The van der Waals surface area contributed by atoms with Gasteiger partial charge < -0.3 is 10.4 Å². The van der Waals surface area contributed by atoms with Crippen LogP contribution in [0.4, 0.5) is 0 Å². The molecule has 1 heterocycles. The molecule has 5 heteroatoms. The molecule has 0 atom stereocenters. The molecule has 1 aliphatic heterocycles. The second-order valence-corrected chi connectivity index (χ2v) is 6.51. The van der Waals surface area contributed by atoms with Crippen molar-refractivity contribution in [2.75, 3.05) is 11.5 Å². The predicted octanol–water partition coefficient (Wildman–Crippen LogP) is 1.89. The van der Waals surface area contributed by atoms with E-state index in [1.54, 1.807) is 0 Å². The van der Waals surface area contributed by atoms with Gasteiger partial charge in [0, 0.05) is 12.0 Å². The van der Waals surface area contributed by atoms with Gasteiger partial charge >= 0.3 is 5.97 Å². The van der Waals surface area contributed by atoms with Crippen LogP contribution >= 0.6 is 11.8 Å². The summed E-state index contributed by atoms with van der Waals surface area (Å²) in [6, 6.07) is 0.197. The summed E-state index contributed by atoms with van der Waals surface area (Å²) in [4.78, 5) is 22.9. The van der Waals surface area contributed by atoms with Gasteiger partial charge in [0.05, 0.1) is 5.92 Å². The van der Waals surface area contributed by atoms with Gasteiger partial charge in [0.1, 0.15) is 0 Å². The third-order valence-corrected chi connectivity index (χ3v) is 5.06. The van der Waals surface area contributed by atoms with Crippen LogP contribution in [0.3, 0.4) is 0 Å². The molecule has 2 fully saturated rings. The molecule has 2 rings (SSSR count). The van der Waals surface area contributed by atoms with Crippen LogP contribution in [0.15, 0.2) is 0 Å². The van der Waals surface area contributed by atoms with Gasteiger partial charge in [-0.25, -0.2) is 0 Å². The molecule has 18 heavy (non-hydrogen) atoms. The highest BCUT2D eigenvalue weighted by Gasteiger charge is 2.28. The van der Waals surface area contributed by atoms with E-state index in [9.17, 15) is 9.59 Å². The minimum atomic E-state index is -0.691. The lowest BCUT2D eigenvalue weighted by atomic mass is 9.86. The molecule has 1 amide bonds. The molecule has 4 nitrogen and oxygen atoms in total. The van der Waals surface area contributed by atoms with Gasteiger partial charge in [-0.1, -0.05) is 0 Å². The first-order valence-corrected chi connectivity index (χ1v) is 7.93. The Hall–Kier alpha value is -0.710. The molecule has 1 aliphatic carbocycles. The van der Waals surface area contributed by atoms with Crippen molar-refractivity contribution in [1.29, 1.82) is 0 Å². The second kappa shape index (κ2) is 6.45. The van der Waals surface area contributed by atoms with Crippen molar-refractivity contribution in [3.63, 3.8) is 0 Å². The monoisotopic (exact) mass is 271 g/mol. The number of carboxylic acid groups (broad SMARTS) is 1. The zero-order valence-electron chi connectivity index (χ0n) is 10.6. The lowest BCUT2D eigenvalue weighted by Crippen LogP contribution is -2.42. The summed E-state index contributed by atoms with van der Waals surface area (Å²) >= 11 is 1.92. The van der Waals surface area contributed by atoms with E-state index in [4.69, 9.17) is 5.11 Å². The number of rotatable bonds is 3. The van der Waals surface area contributed by atoms with E-state index in [2.05, 4.69) is 5.32 Å². The quantitative estimate of drug-likeness (QED) is 0.822. The van der Waals surface area contributed by atoms with Crippen LogP contribution in [0, 0.1) is 11.8 Å².